The Morgan fingerprint density at radius 3 is 2.70 bits per heavy atom. The van der Waals surface area contributed by atoms with E-state index in [9.17, 15) is 4.79 Å². The molecule has 2 rings (SSSR count). The summed E-state index contributed by atoms with van der Waals surface area (Å²) in [5, 5.41) is 0. The van der Waals surface area contributed by atoms with E-state index in [-0.39, 0.29) is 18.4 Å². The van der Waals surface area contributed by atoms with Gasteiger partial charge in [0.15, 0.2) is 0 Å². The zero-order valence-electron chi connectivity index (χ0n) is 12.6. The van der Waals surface area contributed by atoms with Crippen molar-refractivity contribution < 1.29 is 9.53 Å². The number of nitrogens with two attached hydrogens (primary N) is 1. The number of likely N-dealkylation sites (tertiary alicyclic amines) is 1. The van der Waals surface area contributed by atoms with Gasteiger partial charge in [-0.15, -0.1) is 12.4 Å². The molecule has 1 saturated heterocycles. The Hall–Kier alpha value is -0.320. The zero-order chi connectivity index (χ0) is 13.7. The summed E-state index contributed by atoms with van der Waals surface area (Å²) in [6, 6.07) is 0.234. The van der Waals surface area contributed by atoms with E-state index in [0.29, 0.717) is 24.2 Å². The summed E-state index contributed by atoms with van der Waals surface area (Å²) in [4.78, 5) is 14.4. The summed E-state index contributed by atoms with van der Waals surface area (Å²) in [6.45, 7) is 2.56. The van der Waals surface area contributed by atoms with Crippen LogP contribution in [0.4, 0.5) is 0 Å². The lowest BCUT2D eigenvalue weighted by Gasteiger charge is -2.35. The van der Waals surface area contributed by atoms with Gasteiger partial charge in [-0.25, -0.2) is 0 Å². The number of rotatable bonds is 4. The van der Waals surface area contributed by atoms with Gasteiger partial charge >= 0.3 is 0 Å². The van der Waals surface area contributed by atoms with Gasteiger partial charge in [0.05, 0.1) is 6.61 Å². The topological polar surface area (TPSA) is 55.6 Å². The number of nitrogens with zero attached hydrogens (tertiary/aromatic N) is 1. The molecule has 2 N–H and O–H groups in total. The van der Waals surface area contributed by atoms with Crippen LogP contribution in [0.2, 0.25) is 0 Å². The summed E-state index contributed by atoms with van der Waals surface area (Å²) in [7, 11) is 1.74. The molecule has 1 aliphatic heterocycles. The number of carbonyl (C=O) groups is 1. The summed E-state index contributed by atoms with van der Waals surface area (Å²) in [5.41, 5.74) is 6.14. The van der Waals surface area contributed by atoms with Gasteiger partial charge in [0, 0.05) is 32.7 Å². The van der Waals surface area contributed by atoms with Crippen LogP contribution >= 0.6 is 12.4 Å². The quantitative estimate of drug-likeness (QED) is 0.866. The summed E-state index contributed by atoms with van der Waals surface area (Å²) in [5.74, 6) is 1.23. The highest BCUT2D eigenvalue weighted by Crippen LogP contribution is 2.27. The molecule has 1 aliphatic carbocycles. The van der Waals surface area contributed by atoms with Gasteiger partial charge in [-0.2, -0.15) is 0 Å². The Bertz CT molecular complexity index is 300. The smallest absolute Gasteiger partial charge is 0.222 e. The van der Waals surface area contributed by atoms with Crippen molar-refractivity contribution in [1.29, 1.82) is 0 Å². The fourth-order valence-electron chi connectivity index (χ4n) is 3.51. The summed E-state index contributed by atoms with van der Waals surface area (Å²) < 4.78 is 5.22. The first-order valence-corrected chi connectivity index (χ1v) is 7.73. The van der Waals surface area contributed by atoms with Crippen molar-refractivity contribution in [3.8, 4) is 0 Å². The second-order valence-corrected chi connectivity index (χ2v) is 6.22. The monoisotopic (exact) mass is 304 g/mol. The Morgan fingerprint density at radius 1 is 1.25 bits per heavy atom. The lowest BCUT2D eigenvalue weighted by Crippen LogP contribution is -2.43. The van der Waals surface area contributed by atoms with Crippen LogP contribution in [0, 0.1) is 11.8 Å². The van der Waals surface area contributed by atoms with Crippen molar-refractivity contribution in [3.05, 3.63) is 0 Å². The second-order valence-electron chi connectivity index (χ2n) is 6.22. The number of halogens is 1. The molecule has 3 unspecified atom stereocenters. The first-order chi connectivity index (χ1) is 9.20. The van der Waals surface area contributed by atoms with Gasteiger partial charge < -0.3 is 15.4 Å². The Kier molecular flexibility index (Phi) is 7.85. The molecule has 1 heterocycles. The molecule has 0 radical (unpaired) electrons. The number of amides is 1. The number of hydrogen-bond acceptors (Lipinski definition) is 3. The van der Waals surface area contributed by atoms with E-state index in [4.69, 9.17) is 10.5 Å². The molecule has 0 aromatic rings. The number of piperidine rings is 1. The highest BCUT2D eigenvalue weighted by atomic mass is 35.5. The van der Waals surface area contributed by atoms with Crippen LogP contribution in [0.25, 0.3) is 0 Å². The van der Waals surface area contributed by atoms with Crippen LogP contribution in [-0.4, -0.2) is 43.7 Å². The normalized spacial score (nSPS) is 30.7. The van der Waals surface area contributed by atoms with E-state index in [1.807, 2.05) is 4.90 Å². The third-order valence-electron chi connectivity index (χ3n) is 4.68. The zero-order valence-corrected chi connectivity index (χ0v) is 13.4. The van der Waals surface area contributed by atoms with E-state index >= 15 is 0 Å². The largest absolute Gasteiger partial charge is 0.384 e. The molecular formula is C15H29ClN2O2. The van der Waals surface area contributed by atoms with Crippen molar-refractivity contribution in [3.63, 3.8) is 0 Å². The molecule has 0 aromatic heterocycles. The van der Waals surface area contributed by atoms with Crippen LogP contribution < -0.4 is 5.73 Å². The Balaban J connectivity index is 0.00000200. The number of carbonyl (C=O) groups excluding carboxylic acids is 1. The molecule has 4 nitrogen and oxygen atoms in total. The maximum atomic E-state index is 12.4. The fraction of sp³-hybridized carbons (Fsp3) is 0.933. The molecule has 0 aromatic carbocycles. The summed E-state index contributed by atoms with van der Waals surface area (Å²) in [6.07, 6.45) is 7.62. The van der Waals surface area contributed by atoms with Gasteiger partial charge in [0.2, 0.25) is 5.91 Å². The van der Waals surface area contributed by atoms with Crippen molar-refractivity contribution in [2.75, 3.05) is 26.8 Å². The molecule has 3 atom stereocenters. The van der Waals surface area contributed by atoms with Crippen molar-refractivity contribution in [1.82, 2.24) is 4.90 Å². The van der Waals surface area contributed by atoms with Crippen molar-refractivity contribution >= 4 is 18.3 Å². The third-order valence-corrected chi connectivity index (χ3v) is 4.68. The van der Waals surface area contributed by atoms with Gasteiger partial charge in [-0.05, 0) is 37.5 Å². The molecule has 2 fully saturated rings. The Labute approximate surface area is 128 Å². The number of ether oxygens (including phenoxy) is 1. The van der Waals surface area contributed by atoms with Gasteiger partial charge in [0.25, 0.3) is 0 Å². The maximum absolute atomic E-state index is 12.4. The molecule has 1 amide bonds. The number of methoxy groups -OCH3 is 1. The Morgan fingerprint density at radius 2 is 2.00 bits per heavy atom. The minimum absolute atomic E-state index is 0. The lowest BCUT2D eigenvalue weighted by atomic mass is 9.82. The van der Waals surface area contributed by atoms with Crippen LogP contribution in [0.15, 0.2) is 0 Å². The van der Waals surface area contributed by atoms with Gasteiger partial charge in [-0.1, -0.05) is 12.8 Å². The predicted octanol–water partition coefficient (Wildman–Crippen LogP) is 2.20. The van der Waals surface area contributed by atoms with Crippen LogP contribution in [0.5, 0.6) is 0 Å². The molecule has 2 aliphatic rings. The third kappa shape index (κ3) is 4.90. The van der Waals surface area contributed by atoms with E-state index in [1.165, 1.54) is 19.3 Å². The standard InChI is InChI=1S/C15H28N2O2.ClH/c1-19-11-12-5-4-8-17(10-12)15(18)9-13-6-2-3-7-14(13)16;/h12-14H,2-11,16H2,1H3;1H. The first kappa shape index (κ1) is 17.7. The number of hydrogen-bond donors (Lipinski definition) is 1. The van der Waals surface area contributed by atoms with Crippen molar-refractivity contribution in [2.24, 2.45) is 17.6 Å². The van der Waals surface area contributed by atoms with Crippen molar-refractivity contribution in [2.45, 2.75) is 51.0 Å². The SMILES string of the molecule is COCC1CCCN(C(=O)CC2CCCCC2N)C1.Cl. The lowest BCUT2D eigenvalue weighted by molar-refractivity contribution is -0.134. The predicted molar refractivity (Wildman–Crippen MR) is 83.0 cm³/mol. The molecule has 118 valence electrons. The van der Waals surface area contributed by atoms with Gasteiger partial charge in [0.1, 0.15) is 0 Å². The average molecular weight is 305 g/mol. The molecular weight excluding hydrogens is 276 g/mol. The molecule has 0 spiro atoms. The molecule has 1 saturated carbocycles. The van der Waals surface area contributed by atoms with E-state index in [1.54, 1.807) is 7.11 Å². The average Bonchev–Trinajstić information content (AvgIpc) is 2.42. The van der Waals surface area contributed by atoms with Gasteiger partial charge in [-0.3, -0.25) is 4.79 Å². The van der Waals surface area contributed by atoms with E-state index in [0.717, 1.165) is 39.0 Å². The molecule has 5 heteroatoms. The first-order valence-electron chi connectivity index (χ1n) is 7.73. The fourth-order valence-corrected chi connectivity index (χ4v) is 3.51. The molecule has 0 bridgehead atoms. The van der Waals surface area contributed by atoms with Crippen LogP contribution in [-0.2, 0) is 9.53 Å². The summed E-state index contributed by atoms with van der Waals surface area (Å²) >= 11 is 0. The minimum atomic E-state index is 0. The van der Waals surface area contributed by atoms with Crippen LogP contribution in [0.3, 0.4) is 0 Å². The highest BCUT2D eigenvalue weighted by molar-refractivity contribution is 5.85. The van der Waals surface area contributed by atoms with Crippen LogP contribution in [0.1, 0.15) is 44.9 Å². The minimum Gasteiger partial charge on any atom is -0.384 e. The second kappa shape index (κ2) is 8.85. The highest BCUT2D eigenvalue weighted by Gasteiger charge is 2.28. The maximum Gasteiger partial charge on any atom is 0.222 e. The molecule has 20 heavy (non-hydrogen) atoms. The van der Waals surface area contributed by atoms with E-state index < -0.39 is 0 Å². The van der Waals surface area contributed by atoms with E-state index in [2.05, 4.69) is 0 Å².